The lowest BCUT2D eigenvalue weighted by atomic mass is 9.85. The largest absolute Gasteiger partial charge is 0.399 e. The molecular weight excluding hydrogens is 646 g/mol. The molecule has 0 aliphatic carbocycles. The third kappa shape index (κ3) is 11.6. The van der Waals surface area contributed by atoms with Gasteiger partial charge in [-0.25, -0.2) is 12.8 Å². The molecule has 0 saturated heterocycles. The summed E-state index contributed by atoms with van der Waals surface area (Å²) >= 11 is 0. The molecule has 0 aliphatic rings. The van der Waals surface area contributed by atoms with Gasteiger partial charge in [0.1, 0.15) is 11.9 Å². The fourth-order valence-electron chi connectivity index (χ4n) is 5.38. The first-order valence-corrected chi connectivity index (χ1v) is 17.9. The maximum Gasteiger partial charge on any atom is 0.243 e. The lowest BCUT2D eigenvalue weighted by Crippen LogP contribution is -2.59. The number of carbonyl (C=O) groups is 2. The summed E-state index contributed by atoms with van der Waals surface area (Å²) in [4.78, 5) is 27.2. The Morgan fingerprint density at radius 1 is 0.878 bits per heavy atom. The van der Waals surface area contributed by atoms with E-state index in [4.69, 9.17) is 5.73 Å². The third-order valence-corrected chi connectivity index (χ3v) is 10.1. The number of carbonyl (C=O) groups excluding carboxylic acids is 2. The molecule has 0 bridgehead atoms. The van der Waals surface area contributed by atoms with Crippen LogP contribution in [0.15, 0.2) is 83.8 Å². The fraction of sp³-hybridized carbons (Fsp3) is 0.459. The van der Waals surface area contributed by atoms with Gasteiger partial charge in [-0.15, -0.1) is 0 Å². The molecule has 0 aromatic heterocycles. The minimum Gasteiger partial charge on any atom is -0.399 e. The van der Waals surface area contributed by atoms with Crippen LogP contribution >= 0.6 is 0 Å². The number of rotatable bonds is 16. The van der Waals surface area contributed by atoms with E-state index in [1.165, 1.54) is 40.7 Å². The Hall–Kier alpha value is -3.84. The SMILES string of the molecule is CC(C)CN(C[C@@H](O)[C@H](Cc1ccccc1)NC(=O)[C@@H](NC(=O)CNC(C)(C)c1ccc(F)cc1)C(C)(C)C)S(=O)(=O)c1ccc(N)cc1. The average Bonchev–Trinajstić information content (AvgIpc) is 3.02. The van der Waals surface area contributed by atoms with Gasteiger partial charge in [-0.3, -0.25) is 14.9 Å². The minimum absolute atomic E-state index is 0.0462. The van der Waals surface area contributed by atoms with Crippen LogP contribution in [0.2, 0.25) is 0 Å². The number of amides is 2. The van der Waals surface area contributed by atoms with E-state index in [2.05, 4.69) is 16.0 Å². The Morgan fingerprint density at radius 2 is 1.47 bits per heavy atom. The van der Waals surface area contributed by atoms with Crippen molar-refractivity contribution in [2.45, 2.75) is 83.5 Å². The van der Waals surface area contributed by atoms with Crippen LogP contribution in [0.5, 0.6) is 0 Å². The summed E-state index contributed by atoms with van der Waals surface area (Å²) in [5, 5.41) is 20.6. The Balaban J connectivity index is 1.83. The molecule has 0 radical (unpaired) electrons. The molecule has 12 heteroatoms. The number of nitrogens with one attached hydrogen (secondary N) is 3. The molecular formula is C37H52FN5O5S. The van der Waals surface area contributed by atoms with E-state index < -0.39 is 51.0 Å². The van der Waals surface area contributed by atoms with E-state index in [-0.39, 0.29) is 42.7 Å². The molecule has 0 heterocycles. The van der Waals surface area contributed by atoms with Gasteiger partial charge in [0.05, 0.1) is 23.6 Å². The summed E-state index contributed by atoms with van der Waals surface area (Å²) in [6.07, 6.45) is -1.09. The highest BCUT2D eigenvalue weighted by molar-refractivity contribution is 7.89. The molecule has 3 atom stereocenters. The van der Waals surface area contributed by atoms with Gasteiger partial charge in [-0.1, -0.05) is 77.1 Å². The maximum atomic E-state index is 14.0. The number of anilines is 1. The third-order valence-electron chi connectivity index (χ3n) is 8.26. The molecule has 10 nitrogen and oxygen atoms in total. The fourth-order valence-corrected chi connectivity index (χ4v) is 7.00. The second-order valence-electron chi connectivity index (χ2n) is 14.5. The van der Waals surface area contributed by atoms with Crippen molar-refractivity contribution in [3.63, 3.8) is 0 Å². The Morgan fingerprint density at radius 3 is 2.02 bits per heavy atom. The van der Waals surface area contributed by atoms with Gasteiger partial charge >= 0.3 is 0 Å². The first-order chi connectivity index (χ1) is 22.8. The predicted octanol–water partition coefficient (Wildman–Crippen LogP) is 4.20. The molecule has 2 amide bonds. The minimum atomic E-state index is -4.02. The molecule has 0 unspecified atom stereocenters. The van der Waals surface area contributed by atoms with Crippen molar-refractivity contribution in [1.29, 1.82) is 0 Å². The average molecular weight is 698 g/mol. The molecule has 0 fully saturated rings. The summed E-state index contributed by atoms with van der Waals surface area (Å²) in [7, 11) is -4.02. The Labute approximate surface area is 290 Å². The van der Waals surface area contributed by atoms with E-state index in [0.717, 1.165) is 11.1 Å². The summed E-state index contributed by atoms with van der Waals surface area (Å²) in [6.45, 7) is 12.7. The van der Waals surface area contributed by atoms with Crippen molar-refractivity contribution in [1.82, 2.24) is 20.3 Å². The summed E-state index contributed by atoms with van der Waals surface area (Å²) in [6, 6.07) is 19.3. The second-order valence-corrected chi connectivity index (χ2v) is 16.4. The van der Waals surface area contributed by atoms with E-state index in [1.807, 2.05) is 78.8 Å². The summed E-state index contributed by atoms with van der Waals surface area (Å²) in [5.41, 5.74) is 6.43. The number of hydrogen-bond donors (Lipinski definition) is 5. The summed E-state index contributed by atoms with van der Waals surface area (Å²) in [5.74, 6) is -1.36. The second kappa shape index (κ2) is 16.7. The molecule has 49 heavy (non-hydrogen) atoms. The molecule has 3 rings (SSSR count). The van der Waals surface area contributed by atoms with Crippen LogP contribution in [-0.2, 0) is 31.6 Å². The normalized spacial score (nSPS) is 14.3. The van der Waals surface area contributed by atoms with Gasteiger partial charge in [-0.05, 0) is 79.1 Å². The number of nitrogens with two attached hydrogens (primary N) is 1. The van der Waals surface area contributed by atoms with Gasteiger partial charge in [0.25, 0.3) is 0 Å². The number of hydrogen-bond acceptors (Lipinski definition) is 7. The number of halogens is 1. The van der Waals surface area contributed by atoms with Crippen LogP contribution in [0, 0.1) is 17.2 Å². The van der Waals surface area contributed by atoms with Crippen LogP contribution in [-0.4, -0.2) is 67.5 Å². The van der Waals surface area contributed by atoms with Gasteiger partial charge in [0.15, 0.2) is 0 Å². The van der Waals surface area contributed by atoms with Gasteiger partial charge in [-0.2, -0.15) is 4.31 Å². The monoisotopic (exact) mass is 697 g/mol. The lowest BCUT2D eigenvalue weighted by molar-refractivity contribution is -0.132. The van der Waals surface area contributed by atoms with Crippen molar-refractivity contribution >= 4 is 27.5 Å². The van der Waals surface area contributed by atoms with Crippen LogP contribution < -0.4 is 21.7 Å². The van der Waals surface area contributed by atoms with Crippen molar-refractivity contribution in [2.24, 2.45) is 11.3 Å². The van der Waals surface area contributed by atoms with Crippen LogP contribution in [0.25, 0.3) is 0 Å². The van der Waals surface area contributed by atoms with Crippen molar-refractivity contribution in [3.05, 3.63) is 95.8 Å². The van der Waals surface area contributed by atoms with Gasteiger partial charge in [0, 0.05) is 24.3 Å². The number of aliphatic hydroxyl groups excluding tert-OH is 1. The lowest BCUT2D eigenvalue weighted by Gasteiger charge is -2.35. The van der Waals surface area contributed by atoms with Crippen molar-refractivity contribution in [2.75, 3.05) is 25.4 Å². The molecule has 268 valence electrons. The molecule has 6 N–H and O–H groups in total. The van der Waals surface area contributed by atoms with Crippen LogP contribution in [0.3, 0.4) is 0 Å². The van der Waals surface area contributed by atoms with Crippen LogP contribution in [0.1, 0.15) is 59.6 Å². The van der Waals surface area contributed by atoms with E-state index in [1.54, 1.807) is 12.1 Å². The zero-order valence-corrected chi connectivity index (χ0v) is 30.4. The number of benzene rings is 3. The van der Waals surface area contributed by atoms with Gasteiger partial charge < -0.3 is 21.5 Å². The highest BCUT2D eigenvalue weighted by Gasteiger charge is 2.37. The van der Waals surface area contributed by atoms with E-state index in [9.17, 15) is 27.5 Å². The van der Waals surface area contributed by atoms with Crippen LogP contribution in [0.4, 0.5) is 10.1 Å². The standard InChI is InChI=1S/C37H52FN5O5S/c1-25(2)23-43(49(47,48)30-19-17-29(39)18-20-30)24-32(44)31(21-26-11-9-8-10-12-26)41-35(46)34(36(3,4)5)42-33(45)22-40-37(6,7)27-13-15-28(38)16-14-27/h8-20,25,31-32,34,40,44H,21-24,39H2,1-7H3,(H,41,46)(H,42,45)/t31-,32+,34+/m0/s1. The number of sulfonamides is 1. The molecule has 0 aliphatic heterocycles. The van der Waals surface area contributed by atoms with Crippen molar-refractivity contribution in [3.8, 4) is 0 Å². The first kappa shape index (κ1) is 39.6. The predicted molar refractivity (Wildman–Crippen MR) is 191 cm³/mol. The number of nitrogens with zero attached hydrogens (tertiary/aromatic N) is 1. The molecule has 0 spiro atoms. The topological polar surface area (TPSA) is 154 Å². The molecule has 0 saturated carbocycles. The quantitative estimate of drug-likeness (QED) is 0.141. The molecule has 3 aromatic rings. The Kier molecular flexibility index (Phi) is 13.5. The highest BCUT2D eigenvalue weighted by Crippen LogP contribution is 2.23. The van der Waals surface area contributed by atoms with Crippen molar-refractivity contribution < 1.29 is 27.5 Å². The number of nitrogen functional groups attached to an aromatic ring is 1. The Bertz CT molecular complexity index is 1630. The first-order valence-electron chi connectivity index (χ1n) is 16.5. The molecule has 3 aromatic carbocycles. The smallest absolute Gasteiger partial charge is 0.243 e. The highest BCUT2D eigenvalue weighted by atomic mass is 32.2. The van der Waals surface area contributed by atoms with Gasteiger partial charge in [0.2, 0.25) is 21.8 Å². The van der Waals surface area contributed by atoms with E-state index >= 15 is 0 Å². The maximum absolute atomic E-state index is 14.0. The zero-order chi connectivity index (χ0) is 36.6. The summed E-state index contributed by atoms with van der Waals surface area (Å²) < 4.78 is 42.2. The number of aliphatic hydroxyl groups is 1. The zero-order valence-electron chi connectivity index (χ0n) is 29.5. The van der Waals surface area contributed by atoms with E-state index in [0.29, 0.717) is 5.69 Å².